The largest absolute Gasteiger partial charge is 0.325 e. The van der Waals surface area contributed by atoms with Crippen molar-refractivity contribution >= 4 is 27.5 Å². The molecule has 0 saturated heterocycles. The van der Waals surface area contributed by atoms with Gasteiger partial charge in [0.1, 0.15) is 0 Å². The summed E-state index contributed by atoms with van der Waals surface area (Å²) in [5.74, 6) is -1.37. The summed E-state index contributed by atoms with van der Waals surface area (Å²) < 4.78 is 26.5. The van der Waals surface area contributed by atoms with E-state index in [4.69, 9.17) is 5.21 Å². The molecule has 8 nitrogen and oxygen atoms in total. The molecule has 0 atom stereocenters. The van der Waals surface area contributed by atoms with Crippen LogP contribution in [0.25, 0.3) is 0 Å². The van der Waals surface area contributed by atoms with Crippen LogP contribution in [0.4, 0.5) is 5.69 Å². The molecule has 0 fully saturated rings. The van der Waals surface area contributed by atoms with Gasteiger partial charge in [-0.15, -0.1) is 0 Å². The Bertz CT molecular complexity index is 837. The molecule has 2 rings (SSSR count). The first kappa shape index (κ1) is 17.6. The van der Waals surface area contributed by atoms with Crippen molar-refractivity contribution in [3.8, 4) is 0 Å². The van der Waals surface area contributed by atoms with Crippen LogP contribution >= 0.6 is 0 Å². The molecule has 0 saturated carbocycles. The quantitative estimate of drug-likeness (QED) is 0.452. The Balaban J connectivity index is 2.03. The van der Waals surface area contributed by atoms with Crippen LogP contribution in [0.2, 0.25) is 0 Å². The highest BCUT2D eigenvalue weighted by molar-refractivity contribution is 7.89. The molecule has 0 unspecified atom stereocenters. The third-order valence-corrected chi connectivity index (χ3v) is 4.39. The van der Waals surface area contributed by atoms with Crippen molar-refractivity contribution in [3.63, 3.8) is 0 Å². The SMILES string of the molecule is O=C(CNS(=O)(=O)c1cccc(C(=O)NO)c1)Nc1ccccc1. The maximum Gasteiger partial charge on any atom is 0.274 e. The van der Waals surface area contributed by atoms with Gasteiger partial charge in [-0.2, -0.15) is 0 Å². The number of benzene rings is 2. The fraction of sp³-hybridized carbons (Fsp3) is 0.0667. The Hall–Kier alpha value is -2.75. The van der Waals surface area contributed by atoms with Gasteiger partial charge in [-0.25, -0.2) is 18.6 Å². The standard InChI is InChI=1S/C15H15N3O5S/c19-14(17-12-6-2-1-3-7-12)10-16-24(22,23)13-8-4-5-11(9-13)15(20)18-21/h1-9,16,21H,10H2,(H,17,19)(H,18,20). The Morgan fingerprint density at radius 3 is 2.38 bits per heavy atom. The number of para-hydroxylation sites is 1. The van der Waals surface area contributed by atoms with E-state index in [9.17, 15) is 18.0 Å². The third-order valence-electron chi connectivity index (χ3n) is 2.99. The molecule has 9 heteroatoms. The number of hydroxylamine groups is 1. The van der Waals surface area contributed by atoms with Crippen LogP contribution in [0.3, 0.4) is 0 Å². The van der Waals surface area contributed by atoms with Crippen LogP contribution in [0.5, 0.6) is 0 Å². The lowest BCUT2D eigenvalue weighted by atomic mass is 10.2. The number of anilines is 1. The molecule has 2 amide bonds. The minimum absolute atomic E-state index is 0.0332. The second-order valence-corrected chi connectivity index (χ2v) is 6.47. The van der Waals surface area contributed by atoms with Crippen molar-refractivity contribution in [1.82, 2.24) is 10.2 Å². The van der Waals surface area contributed by atoms with E-state index in [1.165, 1.54) is 23.7 Å². The summed E-state index contributed by atoms with van der Waals surface area (Å²) in [5.41, 5.74) is 1.93. The molecule has 0 aliphatic rings. The van der Waals surface area contributed by atoms with E-state index in [0.29, 0.717) is 5.69 Å². The van der Waals surface area contributed by atoms with Crippen molar-refractivity contribution < 1.29 is 23.2 Å². The molecule has 2 aromatic rings. The highest BCUT2D eigenvalue weighted by atomic mass is 32.2. The molecule has 0 heterocycles. The molecule has 4 N–H and O–H groups in total. The Morgan fingerprint density at radius 2 is 1.71 bits per heavy atom. The van der Waals surface area contributed by atoms with Crippen molar-refractivity contribution in [3.05, 3.63) is 60.2 Å². The molecule has 0 radical (unpaired) electrons. The third kappa shape index (κ3) is 4.62. The summed E-state index contributed by atoms with van der Waals surface area (Å²) in [4.78, 5) is 22.9. The van der Waals surface area contributed by atoms with Crippen LogP contribution in [0.15, 0.2) is 59.5 Å². The van der Waals surface area contributed by atoms with Crippen LogP contribution in [-0.2, 0) is 14.8 Å². The molecule has 0 aliphatic carbocycles. The number of hydrogen-bond donors (Lipinski definition) is 4. The highest BCUT2D eigenvalue weighted by Crippen LogP contribution is 2.11. The maximum absolute atomic E-state index is 12.2. The minimum Gasteiger partial charge on any atom is -0.325 e. The van der Waals surface area contributed by atoms with Crippen LogP contribution in [0, 0.1) is 0 Å². The van der Waals surface area contributed by atoms with Gasteiger partial charge in [0, 0.05) is 11.3 Å². The zero-order valence-corrected chi connectivity index (χ0v) is 13.2. The molecule has 0 bridgehead atoms. The summed E-state index contributed by atoms with van der Waals surface area (Å²) in [6.07, 6.45) is 0. The van der Waals surface area contributed by atoms with E-state index in [2.05, 4.69) is 10.0 Å². The lowest BCUT2D eigenvalue weighted by molar-refractivity contribution is -0.115. The molecule has 0 aromatic heterocycles. The van der Waals surface area contributed by atoms with E-state index in [-0.39, 0.29) is 10.5 Å². The first-order chi connectivity index (χ1) is 11.4. The number of nitrogens with one attached hydrogen (secondary N) is 3. The number of carbonyl (C=O) groups excluding carboxylic acids is 2. The number of carbonyl (C=O) groups is 2. The number of hydrogen-bond acceptors (Lipinski definition) is 5. The molecule has 0 spiro atoms. The molecule has 24 heavy (non-hydrogen) atoms. The van der Waals surface area contributed by atoms with Gasteiger partial charge < -0.3 is 5.32 Å². The van der Waals surface area contributed by atoms with Gasteiger partial charge in [-0.05, 0) is 30.3 Å². The zero-order valence-electron chi connectivity index (χ0n) is 12.4. The highest BCUT2D eigenvalue weighted by Gasteiger charge is 2.17. The van der Waals surface area contributed by atoms with Gasteiger partial charge in [0.05, 0.1) is 11.4 Å². The van der Waals surface area contributed by atoms with Crippen molar-refractivity contribution in [2.24, 2.45) is 0 Å². The second kappa shape index (κ2) is 7.68. The monoisotopic (exact) mass is 349 g/mol. The van der Waals surface area contributed by atoms with E-state index in [1.807, 2.05) is 0 Å². The Morgan fingerprint density at radius 1 is 1.00 bits per heavy atom. The topological polar surface area (TPSA) is 125 Å². The summed E-state index contributed by atoms with van der Waals surface area (Å²) in [6, 6.07) is 13.6. The van der Waals surface area contributed by atoms with E-state index in [0.717, 1.165) is 6.07 Å². The van der Waals surface area contributed by atoms with Gasteiger partial charge >= 0.3 is 0 Å². The first-order valence-corrected chi connectivity index (χ1v) is 8.30. The van der Waals surface area contributed by atoms with Crippen molar-refractivity contribution in [2.45, 2.75) is 4.90 Å². The van der Waals surface area contributed by atoms with Crippen LogP contribution in [0.1, 0.15) is 10.4 Å². The van der Waals surface area contributed by atoms with Crippen molar-refractivity contribution in [1.29, 1.82) is 0 Å². The average Bonchev–Trinajstić information content (AvgIpc) is 2.60. The van der Waals surface area contributed by atoms with Gasteiger partial charge in [-0.3, -0.25) is 14.8 Å². The van der Waals surface area contributed by atoms with Gasteiger partial charge in [-0.1, -0.05) is 24.3 Å². The number of sulfonamides is 1. The van der Waals surface area contributed by atoms with Crippen molar-refractivity contribution in [2.75, 3.05) is 11.9 Å². The van der Waals surface area contributed by atoms with Gasteiger partial charge in [0.25, 0.3) is 5.91 Å². The predicted octanol–water partition coefficient (Wildman–Crippen LogP) is 0.723. The van der Waals surface area contributed by atoms with Crippen LogP contribution in [-0.4, -0.2) is 32.0 Å². The summed E-state index contributed by atoms with van der Waals surface area (Å²) >= 11 is 0. The maximum atomic E-state index is 12.2. The molecular formula is C15H15N3O5S. The Labute approximate surface area is 138 Å². The summed E-state index contributed by atoms with van der Waals surface area (Å²) in [6.45, 7) is -0.465. The minimum atomic E-state index is -3.98. The first-order valence-electron chi connectivity index (χ1n) is 6.81. The molecule has 0 aliphatic heterocycles. The van der Waals surface area contributed by atoms with E-state index >= 15 is 0 Å². The van der Waals surface area contributed by atoms with E-state index < -0.39 is 28.4 Å². The smallest absolute Gasteiger partial charge is 0.274 e. The zero-order chi connectivity index (χ0) is 17.6. The average molecular weight is 349 g/mol. The number of rotatable bonds is 6. The van der Waals surface area contributed by atoms with Gasteiger partial charge in [0.2, 0.25) is 15.9 Å². The second-order valence-electron chi connectivity index (χ2n) is 4.71. The predicted molar refractivity (Wildman–Crippen MR) is 86.0 cm³/mol. The summed E-state index contributed by atoms with van der Waals surface area (Å²) in [7, 11) is -3.98. The fourth-order valence-corrected chi connectivity index (χ4v) is 2.87. The molecule has 2 aromatic carbocycles. The normalized spacial score (nSPS) is 10.9. The fourth-order valence-electron chi connectivity index (χ4n) is 1.84. The van der Waals surface area contributed by atoms with Gasteiger partial charge in [0.15, 0.2) is 0 Å². The lowest BCUT2D eigenvalue weighted by Gasteiger charge is -2.08. The number of amides is 2. The Kier molecular flexibility index (Phi) is 5.64. The van der Waals surface area contributed by atoms with E-state index in [1.54, 1.807) is 30.3 Å². The van der Waals surface area contributed by atoms with Crippen LogP contribution < -0.4 is 15.5 Å². The molecular weight excluding hydrogens is 334 g/mol. The lowest BCUT2D eigenvalue weighted by Crippen LogP contribution is -2.33. The molecule has 126 valence electrons. The summed E-state index contributed by atoms with van der Waals surface area (Å²) in [5, 5.41) is 11.1.